The summed E-state index contributed by atoms with van der Waals surface area (Å²) in [6, 6.07) is 0. The molecule has 0 aliphatic carbocycles. The van der Waals surface area contributed by atoms with Crippen molar-refractivity contribution in [3.05, 3.63) is 0 Å². The second kappa shape index (κ2) is 51.8. The Morgan fingerprint density at radius 3 is 0.754 bits per heavy atom. The molecular weight excluding hydrogens is 805 g/mol. The van der Waals surface area contributed by atoms with Crippen LogP contribution in [0.25, 0.3) is 0 Å². The van der Waals surface area contributed by atoms with Gasteiger partial charge in [0.15, 0.2) is 6.10 Å². The van der Waals surface area contributed by atoms with Crippen LogP contribution in [0, 0.1) is 11.8 Å². The molecule has 0 saturated carbocycles. The molecular formula is C59H114O6. The summed E-state index contributed by atoms with van der Waals surface area (Å²) in [5, 5.41) is 0. The zero-order valence-electron chi connectivity index (χ0n) is 44.6. The van der Waals surface area contributed by atoms with E-state index in [2.05, 4.69) is 34.6 Å². The van der Waals surface area contributed by atoms with Crippen LogP contribution in [0.5, 0.6) is 0 Å². The van der Waals surface area contributed by atoms with Gasteiger partial charge in [-0.2, -0.15) is 0 Å². The molecule has 6 heteroatoms. The fourth-order valence-corrected chi connectivity index (χ4v) is 9.05. The number of carbonyl (C=O) groups is 3. The number of unbranched alkanes of at least 4 members (excludes halogenated alkanes) is 38. The minimum atomic E-state index is -0.763. The molecule has 0 rings (SSSR count). The maximum Gasteiger partial charge on any atom is 0.306 e. The molecule has 0 saturated heterocycles. The molecule has 0 aliphatic rings. The molecule has 0 N–H and O–H groups in total. The summed E-state index contributed by atoms with van der Waals surface area (Å²) in [6.45, 7) is 11.4. The third-order valence-electron chi connectivity index (χ3n) is 13.5. The van der Waals surface area contributed by atoms with E-state index in [0.29, 0.717) is 19.3 Å². The van der Waals surface area contributed by atoms with Crippen LogP contribution in [0.15, 0.2) is 0 Å². The van der Waals surface area contributed by atoms with E-state index in [1.54, 1.807) is 0 Å². The lowest BCUT2D eigenvalue weighted by atomic mass is 10.0. The van der Waals surface area contributed by atoms with Crippen LogP contribution in [0.3, 0.4) is 0 Å². The Labute approximate surface area is 406 Å². The van der Waals surface area contributed by atoms with Crippen molar-refractivity contribution in [1.82, 2.24) is 0 Å². The van der Waals surface area contributed by atoms with Crippen molar-refractivity contribution < 1.29 is 28.6 Å². The Balaban J connectivity index is 4.30. The van der Waals surface area contributed by atoms with Gasteiger partial charge in [0.1, 0.15) is 13.2 Å². The van der Waals surface area contributed by atoms with Gasteiger partial charge in [0.2, 0.25) is 0 Å². The maximum absolute atomic E-state index is 12.9. The van der Waals surface area contributed by atoms with Crippen molar-refractivity contribution in [2.24, 2.45) is 11.8 Å². The van der Waals surface area contributed by atoms with Gasteiger partial charge < -0.3 is 14.2 Å². The summed E-state index contributed by atoms with van der Waals surface area (Å²) in [7, 11) is 0. The lowest BCUT2D eigenvalue weighted by molar-refractivity contribution is -0.167. The van der Waals surface area contributed by atoms with Crippen molar-refractivity contribution in [3.63, 3.8) is 0 Å². The van der Waals surface area contributed by atoms with Crippen LogP contribution >= 0.6 is 0 Å². The highest BCUT2D eigenvalue weighted by Gasteiger charge is 2.19. The maximum atomic E-state index is 12.9. The zero-order chi connectivity index (χ0) is 47.5. The first kappa shape index (κ1) is 63.4. The minimum Gasteiger partial charge on any atom is -0.462 e. The van der Waals surface area contributed by atoms with Gasteiger partial charge in [-0.25, -0.2) is 0 Å². The summed E-state index contributed by atoms with van der Waals surface area (Å²) in [6.07, 6.45) is 55.2. The second-order valence-electron chi connectivity index (χ2n) is 21.2. The monoisotopic (exact) mass is 919 g/mol. The molecule has 0 unspecified atom stereocenters. The SMILES string of the molecule is CCCCCCCCCCCCCCCCCC(=O)OC[C@@H](COC(=O)CCCCCCCCCCCCCCCC(C)C)OC(=O)CCCCCCCCCCCCCCCC(C)C. The molecule has 386 valence electrons. The van der Waals surface area contributed by atoms with Gasteiger partial charge >= 0.3 is 17.9 Å². The quantitative estimate of drug-likeness (QED) is 0.0344. The number of ether oxygens (including phenoxy) is 3. The van der Waals surface area contributed by atoms with Crippen molar-refractivity contribution in [1.29, 1.82) is 0 Å². The van der Waals surface area contributed by atoms with Crippen LogP contribution < -0.4 is 0 Å². The summed E-state index contributed by atoms with van der Waals surface area (Å²) in [5.41, 5.74) is 0. The van der Waals surface area contributed by atoms with E-state index in [9.17, 15) is 14.4 Å². The van der Waals surface area contributed by atoms with E-state index >= 15 is 0 Å². The second-order valence-corrected chi connectivity index (χ2v) is 21.2. The van der Waals surface area contributed by atoms with Crippen molar-refractivity contribution >= 4 is 17.9 Å². The smallest absolute Gasteiger partial charge is 0.306 e. The molecule has 0 aliphatic heterocycles. The van der Waals surface area contributed by atoms with Crippen LogP contribution in [0.1, 0.15) is 330 Å². The highest BCUT2D eigenvalue weighted by Crippen LogP contribution is 2.18. The van der Waals surface area contributed by atoms with Crippen LogP contribution in [-0.4, -0.2) is 37.2 Å². The molecule has 1 atom stereocenters. The number of esters is 3. The molecule has 0 aromatic rings. The van der Waals surface area contributed by atoms with Gasteiger partial charge in [-0.3, -0.25) is 14.4 Å². The van der Waals surface area contributed by atoms with E-state index < -0.39 is 6.10 Å². The molecule has 0 fully saturated rings. The minimum absolute atomic E-state index is 0.0625. The van der Waals surface area contributed by atoms with Crippen molar-refractivity contribution in [3.8, 4) is 0 Å². The molecule has 0 spiro atoms. The third kappa shape index (κ3) is 53.2. The molecule has 0 amide bonds. The van der Waals surface area contributed by atoms with E-state index in [1.165, 1.54) is 218 Å². The predicted molar refractivity (Wildman–Crippen MR) is 280 cm³/mol. The first-order valence-corrected chi connectivity index (χ1v) is 29.2. The standard InChI is InChI=1S/C59H114O6/c1-6-7-8-9-10-11-12-13-14-19-24-29-34-39-44-49-57(60)63-52-56(65-59(62)51-46-41-36-31-26-21-16-18-23-28-33-38-43-48-55(4)5)53-64-58(61)50-45-40-35-30-25-20-15-17-22-27-32-37-42-47-54(2)3/h54-56H,6-53H2,1-5H3/t56-/m0/s1. The lowest BCUT2D eigenvalue weighted by Crippen LogP contribution is -2.30. The van der Waals surface area contributed by atoms with Gasteiger partial charge in [-0.15, -0.1) is 0 Å². The molecule has 0 bridgehead atoms. The Hall–Kier alpha value is -1.59. The van der Waals surface area contributed by atoms with Gasteiger partial charge in [0, 0.05) is 19.3 Å². The number of carbonyl (C=O) groups excluding carboxylic acids is 3. The average molecular weight is 920 g/mol. The Bertz CT molecular complexity index is 993. The first-order chi connectivity index (χ1) is 31.7. The van der Waals surface area contributed by atoms with Gasteiger partial charge in [-0.1, -0.05) is 291 Å². The van der Waals surface area contributed by atoms with Gasteiger partial charge in [0.05, 0.1) is 0 Å². The number of hydrogen-bond acceptors (Lipinski definition) is 6. The van der Waals surface area contributed by atoms with Gasteiger partial charge in [-0.05, 0) is 31.1 Å². The normalized spacial score (nSPS) is 12.0. The Kier molecular flexibility index (Phi) is 50.5. The number of hydrogen-bond donors (Lipinski definition) is 0. The molecule has 65 heavy (non-hydrogen) atoms. The van der Waals surface area contributed by atoms with Crippen molar-refractivity contribution in [2.45, 2.75) is 336 Å². The number of rotatable bonds is 53. The lowest BCUT2D eigenvalue weighted by Gasteiger charge is -2.18. The Morgan fingerprint density at radius 1 is 0.292 bits per heavy atom. The molecule has 0 radical (unpaired) electrons. The topological polar surface area (TPSA) is 78.9 Å². The largest absolute Gasteiger partial charge is 0.462 e. The summed E-state index contributed by atoms with van der Waals surface area (Å²) in [4.78, 5) is 38.2. The summed E-state index contributed by atoms with van der Waals surface area (Å²) >= 11 is 0. The van der Waals surface area contributed by atoms with E-state index in [0.717, 1.165) is 69.6 Å². The molecule has 0 heterocycles. The zero-order valence-corrected chi connectivity index (χ0v) is 44.6. The summed E-state index contributed by atoms with van der Waals surface area (Å²) < 4.78 is 16.9. The van der Waals surface area contributed by atoms with Crippen LogP contribution in [0.4, 0.5) is 0 Å². The molecule has 0 aromatic carbocycles. The van der Waals surface area contributed by atoms with Crippen LogP contribution in [0.2, 0.25) is 0 Å². The first-order valence-electron chi connectivity index (χ1n) is 29.2. The van der Waals surface area contributed by atoms with Gasteiger partial charge in [0.25, 0.3) is 0 Å². The van der Waals surface area contributed by atoms with Crippen LogP contribution in [-0.2, 0) is 28.6 Å². The van der Waals surface area contributed by atoms with E-state index in [4.69, 9.17) is 14.2 Å². The highest BCUT2D eigenvalue weighted by atomic mass is 16.6. The van der Waals surface area contributed by atoms with E-state index in [-0.39, 0.29) is 31.1 Å². The fraction of sp³-hybridized carbons (Fsp3) is 0.949. The average Bonchev–Trinajstić information content (AvgIpc) is 3.28. The molecule has 6 nitrogen and oxygen atoms in total. The highest BCUT2D eigenvalue weighted by molar-refractivity contribution is 5.71. The third-order valence-corrected chi connectivity index (χ3v) is 13.5. The Morgan fingerprint density at radius 2 is 0.508 bits per heavy atom. The summed E-state index contributed by atoms with van der Waals surface area (Å²) in [5.74, 6) is 0.840. The predicted octanol–water partition coefficient (Wildman–Crippen LogP) is 19.3. The van der Waals surface area contributed by atoms with Crippen molar-refractivity contribution in [2.75, 3.05) is 13.2 Å². The fourth-order valence-electron chi connectivity index (χ4n) is 9.05. The van der Waals surface area contributed by atoms with E-state index in [1.807, 2.05) is 0 Å². The molecule has 0 aromatic heterocycles.